The fraction of sp³-hybridized carbons (Fsp3) is 0.600. The van der Waals surface area contributed by atoms with Gasteiger partial charge in [-0.2, -0.15) is 0 Å². The van der Waals surface area contributed by atoms with Crippen LogP contribution in [0.3, 0.4) is 0 Å². The average Bonchev–Trinajstić information content (AvgIpc) is 2.55. The van der Waals surface area contributed by atoms with E-state index >= 15 is 0 Å². The molecule has 1 aliphatic rings. The van der Waals surface area contributed by atoms with Crippen LogP contribution in [-0.4, -0.2) is 37.1 Å². The molecule has 2 nitrogen and oxygen atoms in total. The second kappa shape index (κ2) is 6.18. The Hall–Kier alpha value is -0.860. The summed E-state index contributed by atoms with van der Waals surface area (Å²) in [6.45, 7) is 9.38. The first-order valence-electron chi connectivity index (χ1n) is 6.74. The Balaban J connectivity index is 1.92. The molecule has 1 saturated heterocycles. The van der Waals surface area contributed by atoms with E-state index in [0.29, 0.717) is 6.04 Å². The average molecular weight is 232 g/mol. The van der Waals surface area contributed by atoms with Crippen molar-refractivity contribution in [3.63, 3.8) is 0 Å². The molecule has 1 aromatic rings. The Morgan fingerprint density at radius 2 is 2.12 bits per heavy atom. The molecule has 0 radical (unpaired) electrons. The van der Waals surface area contributed by atoms with Crippen LogP contribution >= 0.6 is 0 Å². The van der Waals surface area contributed by atoms with Crippen molar-refractivity contribution in [2.75, 3.05) is 26.2 Å². The lowest BCUT2D eigenvalue weighted by Gasteiger charge is -2.29. The second-order valence-electron chi connectivity index (χ2n) is 5.34. The van der Waals surface area contributed by atoms with E-state index in [2.05, 4.69) is 54.4 Å². The highest BCUT2D eigenvalue weighted by Crippen LogP contribution is 2.12. The molecular weight excluding hydrogens is 208 g/mol. The summed E-state index contributed by atoms with van der Waals surface area (Å²) >= 11 is 0. The van der Waals surface area contributed by atoms with E-state index < -0.39 is 0 Å². The fourth-order valence-corrected chi connectivity index (χ4v) is 2.61. The van der Waals surface area contributed by atoms with E-state index in [9.17, 15) is 0 Å². The van der Waals surface area contributed by atoms with E-state index in [0.717, 1.165) is 25.4 Å². The predicted octanol–water partition coefficient (Wildman–Crippen LogP) is 2.16. The summed E-state index contributed by atoms with van der Waals surface area (Å²) in [6, 6.07) is 11.5. The molecule has 0 aliphatic carbocycles. The maximum absolute atomic E-state index is 3.50. The zero-order valence-electron chi connectivity index (χ0n) is 11.0. The quantitative estimate of drug-likeness (QED) is 0.859. The Morgan fingerprint density at radius 1 is 1.35 bits per heavy atom. The molecular formula is C15H24N2. The van der Waals surface area contributed by atoms with Gasteiger partial charge in [0.25, 0.3) is 0 Å². The molecule has 0 aromatic heterocycles. The van der Waals surface area contributed by atoms with E-state index in [1.54, 1.807) is 0 Å². The lowest BCUT2D eigenvalue weighted by Crippen LogP contribution is -2.38. The molecule has 2 rings (SSSR count). The monoisotopic (exact) mass is 232 g/mol. The van der Waals surface area contributed by atoms with Crippen LogP contribution in [0.25, 0.3) is 0 Å². The minimum atomic E-state index is 0.639. The minimum Gasteiger partial charge on any atom is -0.315 e. The maximum atomic E-state index is 3.50. The van der Waals surface area contributed by atoms with Crippen LogP contribution in [0.4, 0.5) is 0 Å². The van der Waals surface area contributed by atoms with Crippen molar-refractivity contribution in [2.45, 2.75) is 26.3 Å². The van der Waals surface area contributed by atoms with Gasteiger partial charge < -0.3 is 5.32 Å². The third-order valence-corrected chi connectivity index (χ3v) is 3.61. The van der Waals surface area contributed by atoms with Gasteiger partial charge in [0.2, 0.25) is 0 Å². The normalized spacial score (nSPS) is 24.2. The number of benzene rings is 1. The zero-order valence-corrected chi connectivity index (χ0v) is 11.0. The molecule has 1 N–H and O–H groups in total. The summed E-state index contributed by atoms with van der Waals surface area (Å²) in [5, 5.41) is 3.50. The van der Waals surface area contributed by atoms with Gasteiger partial charge in [0.1, 0.15) is 0 Å². The number of nitrogens with one attached hydrogen (secondary N) is 1. The highest BCUT2D eigenvalue weighted by molar-refractivity contribution is 5.15. The maximum Gasteiger partial charge on any atom is 0.0110 e. The third-order valence-electron chi connectivity index (χ3n) is 3.61. The van der Waals surface area contributed by atoms with Gasteiger partial charge in [-0.3, -0.25) is 4.90 Å². The van der Waals surface area contributed by atoms with Gasteiger partial charge in [-0.1, -0.05) is 37.3 Å². The van der Waals surface area contributed by atoms with Crippen LogP contribution in [0.15, 0.2) is 30.3 Å². The lowest BCUT2D eigenvalue weighted by molar-refractivity contribution is 0.201. The van der Waals surface area contributed by atoms with Gasteiger partial charge in [0.15, 0.2) is 0 Å². The molecule has 1 fully saturated rings. The first kappa shape index (κ1) is 12.6. The van der Waals surface area contributed by atoms with Crippen LogP contribution < -0.4 is 5.32 Å². The Labute approximate surface area is 105 Å². The zero-order chi connectivity index (χ0) is 12.1. The van der Waals surface area contributed by atoms with E-state index in [-0.39, 0.29) is 0 Å². The van der Waals surface area contributed by atoms with Crippen LogP contribution in [0.5, 0.6) is 0 Å². The fourth-order valence-electron chi connectivity index (χ4n) is 2.61. The second-order valence-corrected chi connectivity index (χ2v) is 5.34. The van der Waals surface area contributed by atoms with Crippen LogP contribution in [0.1, 0.15) is 19.4 Å². The molecule has 1 aliphatic heterocycles. The summed E-state index contributed by atoms with van der Waals surface area (Å²) in [5.41, 5.74) is 1.45. The molecule has 0 spiro atoms. The molecule has 2 heteroatoms. The van der Waals surface area contributed by atoms with Gasteiger partial charge in [-0.25, -0.2) is 0 Å². The first-order valence-corrected chi connectivity index (χ1v) is 6.74. The SMILES string of the molecule is CC1CNCCN(C(C)Cc2ccccc2)C1. The topological polar surface area (TPSA) is 15.3 Å². The largest absolute Gasteiger partial charge is 0.315 e. The minimum absolute atomic E-state index is 0.639. The summed E-state index contributed by atoms with van der Waals surface area (Å²) in [7, 11) is 0. The highest BCUT2D eigenvalue weighted by atomic mass is 15.2. The molecule has 1 heterocycles. The van der Waals surface area contributed by atoms with Crippen molar-refractivity contribution in [1.29, 1.82) is 0 Å². The van der Waals surface area contributed by atoms with Crippen LogP contribution in [0.2, 0.25) is 0 Å². The molecule has 2 unspecified atom stereocenters. The van der Waals surface area contributed by atoms with Crippen molar-refractivity contribution < 1.29 is 0 Å². The number of hydrogen-bond acceptors (Lipinski definition) is 2. The number of rotatable bonds is 3. The smallest absolute Gasteiger partial charge is 0.0110 e. The van der Waals surface area contributed by atoms with Crippen molar-refractivity contribution in [2.24, 2.45) is 5.92 Å². The molecule has 0 saturated carbocycles. The van der Waals surface area contributed by atoms with Gasteiger partial charge in [0.05, 0.1) is 0 Å². The van der Waals surface area contributed by atoms with Crippen molar-refractivity contribution >= 4 is 0 Å². The van der Waals surface area contributed by atoms with Gasteiger partial charge >= 0.3 is 0 Å². The molecule has 94 valence electrons. The Morgan fingerprint density at radius 3 is 2.88 bits per heavy atom. The van der Waals surface area contributed by atoms with Gasteiger partial charge in [0, 0.05) is 25.7 Å². The van der Waals surface area contributed by atoms with E-state index in [1.165, 1.54) is 18.7 Å². The molecule has 1 aromatic carbocycles. The van der Waals surface area contributed by atoms with Crippen molar-refractivity contribution in [1.82, 2.24) is 10.2 Å². The molecule has 0 amide bonds. The molecule has 17 heavy (non-hydrogen) atoms. The van der Waals surface area contributed by atoms with Crippen molar-refractivity contribution in [3.05, 3.63) is 35.9 Å². The number of nitrogens with zero attached hydrogens (tertiary/aromatic N) is 1. The standard InChI is InChI=1S/C15H24N2/c1-13-11-16-8-9-17(12-13)14(2)10-15-6-4-3-5-7-15/h3-7,13-14,16H,8-12H2,1-2H3. The van der Waals surface area contributed by atoms with E-state index in [4.69, 9.17) is 0 Å². The first-order chi connectivity index (χ1) is 8.25. The summed E-state index contributed by atoms with van der Waals surface area (Å²) in [5.74, 6) is 0.760. The Bertz CT molecular complexity index is 323. The van der Waals surface area contributed by atoms with Crippen molar-refractivity contribution in [3.8, 4) is 0 Å². The summed E-state index contributed by atoms with van der Waals surface area (Å²) < 4.78 is 0. The lowest BCUT2D eigenvalue weighted by atomic mass is 10.0. The summed E-state index contributed by atoms with van der Waals surface area (Å²) in [4.78, 5) is 2.62. The number of hydrogen-bond donors (Lipinski definition) is 1. The molecule has 2 atom stereocenters. The van der Waals surface area contributed by atoms with Gasteiger partial charge in [-0.15, -0.1) is 0 Å². The van der Waals surface area contributed by atoms with Crippen LogP contribution in [-0.2, 0) is 6.42 Å². The Kier molecular flexibility index (Phi) is 4.57. The van der Waals surface area contributed by atoms with E-state index in [1.807, 2.05) is 0 Å². The highest BCUT2D eigenvalue weighted by Gasteiger charge is 2.19. The predicted molar refractivity (Wildman–Crippen MR) is 73.2 cm³/mol. The van der Waals surface area contributed by atoms with Gasteiger partial charge in [-0.05, 0) is 31.4 Å². The summed E-state index contributed by atoms with van der Waals surface area (Å²) in [6.07, 6.45) is 1.16. The molecule has 0 bridgehead atoms. The third kappa shape index (κ3) is 3.83. The van der Waals surface area contributed by atoms with Crippen LogP contribution in [0, 0.1) is 5.92 Å².